The van der Waals surface area contributed by atoms with Crippen LogP contribution in [-0.4, -0.2) is 14.6 Å². The quantitative estimate of drug-likeness (QED) is 0.273. The van der Waals surface area contributed by atoms with Crippen LogP contribution < -0.4 is 11.5 Å². The van der Waals surface area contributed by atoms with Gasteiger partial charge in [0.25, 0.3) is 0 Å². The lowest BCUT2D eigenvalue weighted by atomic mass is 9.45. The summed E-state index contributed by atoms with van der Waals surface area (Å²) in [5.41, 5.74) is 17.4. The van der Waals surface area contributed by atoms with Gasteiger partial charge in [0.2, 0.25) is 0 Å². The fraction of sp³-hybridized carbons (Fsp3) is 0.226. The molecular formula is C31H34B2N2. The highest BCUT2D eigenvalue weighted by molar-refractivity contribution is 6.43. The van der Waals surface area contributed by atoms with Gasteiger partial charge in [0.1, 0.15) is 14.6 Å². The third-order valence-corrected chi connectivity index (χ3v) is 7.13. The first-order valence-corrected chi connectivity index (χ1v) is 12.5. The Labute approximate surface area is 212 Å². The van der Waals surface area contributed by atoms with Crippen molar-refractivity contribution in [3.63, 3.8) is 0 Å². The molecule has 4 heteroatoms. The van der Waals surface area contributed by atoms with E-state index in [2.05, 4.69) is 119 Å². The minimum absolute atomic E-state index is 0.431. The van der Waals surface area contributed by atoms with Crippen molar-refractivity contribution in [2.75, 3.05) is 0 Å². The van der Waals surface area contributed by atoms with Gasteiger partial charge in [0.15, 0.2) is 0 Å². The smallest absolute Gasteiger partial charge is 0.149 e. The van der Waals surface area contributed by atoms with Crippen molar-refractivity contribution >= 4 is 14.6 Å². The zero-order valence-corrected chi connectivity index (χ0v) is 20.6. The maximum absolute atomic E-state index is 7.12. The largest absolute Gasteiger partial charge is 0.325 e. The molecule has 0 saturated carbocycles. The highest BCUT2D eigenvalue weighted by Crippen LogP contribution is 2.32. The first-order chi connectivity index (χ1) is 17.1. The Morgan fingerprint density at radius 1 is 0.514 bits per heavy atom. The number of benzene rings is 4. The fourth-order valence-corrected chi connectivity index (χ4v) is 4.80. The topological polar surface area (TPSA) is 52.0 Å². The van der Waals surface area contributed by atoms with Gasteiger partial charge >= 0.3 is 0 Å². The van der Waals surface area contributed by atoms with E-state index >= 15 is 0 Å². The average Bonchev–Trinajstić information content (AvgIpc) is 2.94. The van der Waals surface area contributed by atoms with Gasteiger partial charge in [0, 0.05) is 10.9 Å². The summed E-state index contributed by atoms with van der Waals surface area (Å²) >= 11 is 0. The van der Waals surface area contributed by atoms with E-state index < -0.39 is 10.9 Å². The lowest BCUT2D eigenvalue weighted by Gasteiger charge is -2.34. The normalized spacial score (nSPS) is 11.9. The second kappa shape index (κ2) is 11.6. The zero-order valence-electron chi connectivity index (χ0n) is 20.6. The maximum Gasteiger partial charge on any atom is 0.149 e. The third-order valence-electron chi connectivity index (χ3n) is 7.13. The van der Waals surface area contributed by atoms with Crippen LogP contribution in [-0.2, 0) is 10.9 Å². The summed E-state index contributed by atoms with van der Waals surface area (Å²) in [6, 6.07) is 41.5. The van der Waals surface area contributed by atoms with Crippen LogP contribution in [0.1, 0.15) is 35.6 Å². The van der Waals surface area contributed by atoms with E-state index in [1.165, 1.54) is 0 Å². The van der Waals surface area contributed by atoms with Crippen molar-refractivity contribution in [2.45, 2.75) is 36.9 Å². The SMILES string of the molecule is CCC(C[B]C(N)(c1ccccc1)c1ccccc1)C[B]C(N)(c1ccccc1)c1ccccc1. The predicted octanol–water partition coefficient (Wildman–Crippen LogP) is 5.98. The first kappa shape index (κ1) is 25.0. The van der Waals surface area contributed by atoms with Gasteiger partial charge in [-0.25, -0.2) is 0 Å². The Hall–Kier alpha value is -3.07. The molecule has 4 N–H and O–H groups in total. The van der Waals surface area contributed by atoms with E-state index in [4.69, 9.17) is 11.5 Å². The van der Waals surface area contributed by atoms with Crippen LogP contribution in [0.15, 0.2) is 121 Å². The van der Waals surface area contributed by atoms with Crippen molar-refractivity contribution in [1.29, 1.82) is 0 Å². The Morgan fingerprint density at radius 3 is 1.00 bits per heavy atom. The summed E-state index contributed by atoms with van der Waals surface area (Å²) in [7, 11) is 4.59. The fourth-order valence-electron chi connectivity index (χ4n) is 4.80. The molecule has 0 atom stereocenters. The van der Waals surface area contributed by atoms with Crippen molar-refractivity contribution in [1.82, 2.24) is 0 Å². The van der Waals surface area contributed by atoms with Gasteiger partial charge in [-0.2, -0.15) is 0 Å². The zero-order chi connectivity index (χ0) is 24.6. The van der Waals surface area contributed by atoms with E-state index in [1.807, 2.05) is 24.3 Å². The van der Waals surface area contributed by atoms with Gasteiger partial charge in [-0.15, -0.1) is 0 Å². The van der Waals surface area contributed by atoms with Crippen LogP contribution in [0.25, 0.3) is 0 Å². The van der Waals surface area contributed by atoms with Gasteiger partial charge in [-0.1, -0.05) is 153 Å². The van der Waals surface area contributed by atoms with Gasteiger partial charge < -0.3 is 11.5 Å². The molecule has 4 aromatic carbocycles. The molecule has 0 aliphatic rings. The van der Waals surface area contributed by atoms with Gasteiger partial charge in [-0.3, -0.25) is 0 Å². The maximum atomic E-state index is 7.12. The molecule has 0 saturated heterocycles. The van der Waals surface area contributed by atoms with Crippen LogP contribution in [0.2, 0.25) is 12.6 Å². The Kier molecular flexibility index (Phi) is 8.28. The Morgan fingerprint density at radius 2 is 0.771 bits per heavy atom. The van der Waals surface area contributed by atoms with Crippen molar-refractivity contribution < 1.29 is 0 Å². The second-order valence-electron chi connectivity index (χ2n) is 9.36. The predicted molar refractivity (Wildman–Crippen MR) is 151 cm³/mol. The molecule has 174 valence electrons. The first-order valence-electron chi connectivity index (χ1n) is 12.5. The lowest BCUT2D eigenvalue weighted by molar-refractivity contribution is 0.596. The summed E-state index contributed by atoms with van der Waals surface area (Å²) < 4.78 is 0. The molecule has 4 rings (SSSR count). The van der Waals surface area contributed by atoms with E-state index in [0.29, 0.717) is 5.92 Å². The van der Waals surface area contributed by atoms with Crippen LogP contribution in [0.5, 0.6) is 0 Å². The molecule has 0 aromatic heterocycles. The molecule has 0 heterocycles. The molecular weight excluding hydrogens is 422 g/mol. The second-order valence-corrected chi connectivity index (χ2v) is 9.36. The number of nitrogens with two attached hydrogens (primary N) is 2. The molecule has 4 aromatic rings. The van der Waals surface area contributed by atoms with Crippen LogP contribution >= 0.6 is 0 Å². The van der Waals surface area contributed by atoms with Crippen molar-refractivity contribution in [3.05, 3.63) is 144 Å². The van der Waals surface area contributed by atoms with E-state index in [-0.39, 0.29) is 0 Å². The minimum atomic E-state index is -0.644. The molecule has 2 radical (unpaired) electrons. The summed E-state index contributed by atoms with van der Waals surface area (Å²) in [6.07, 6.45) is 2.84. The van der Waals surface area contributed by atoms with Crippen LogP contribution in [0.3, 0.4) is 0 Å². The average molecular weight is 456 g/mol. The van der Waals surface area contributed by atoms with E-state index in [1.54, 1.807) is 0 Å². The van der Waals surface area contributed by atoms with Crippen LogP contribution in [0.4, 0.5) is 0 Å². The van der Waals surface area contributed by atoms with Crippen LogP contribution in [0, 0.1) is 5.92 Å². The van der Waals surface area contributed by atoms with Crippen molar-refractivity contribution in [3.8, 4) is 0 Å². The summed E-state index contributed by atoms with van der Waals surface area (Å²) in [4.78, 5) is 0. The Balaban J connectivity index is 1.54. The highest BCUT2D eigenvalue weighted by atomic mass is 14.7. The number of hydrogen-bond donors (Lipinski definition) is 2. The molecule has 2 nitrogen and oxygen atoms in total. The molecule has 0 amide bonds. The molecule has 0 aliphatic carbocycles. The monoisotopic (exact) mass is 456 g/mol. The summed E-state index contributed by atoms with van der Waals surface area (Å²) in [6.45, 7) is 2.25. The molecule has 0 aliphatic heterocycles. The molecule has 0 unspecified atom stereocenters. The minimum Gasteiger partial charge on any atom is -0.325 e. The van der Waals surface area contributed by atoms with Gasteiger partial charge in [-0.05, 0) is 22.3 Å². The van der Waals surface area contributed by atoms with Gasteiger partial charge in [0.05, 0.1) is 0 Å². The van der Waals surface area contributed by atoms with Crippen molar-refractivity contribution in [2.24, 2.45) is 17.4 Å². The standard InChI is InChI=1S/C31H34B2N2/c1-2-25(23-32-30(34,26-15-7-3-8-16-26)27-17-9-4-10-18-27)24-33-31(35,28-19-11-5-12-20-28)29-21-13-6-14-22-29/h3-22,25H,2,23-24,34-35H2,1H3. The summed E-state index contributed by atoms with van der Waals surface area (Å²) in [5, 5.41) is 0. The number of rotatable bonds is 11. The Bertz CT molecular complexity index is 980. The summed E-state index contributed by atoms with van der Waals surface area (Å²) in [5.74, 6) is 0.431. The highest BCUT2D eigenvalue weighted by Gasteiger charge is 2.33. The molecule has 0 spiro atoms. The van der Waals surface area contributed by atoms with E-state index in [9.17, 15) is 0 Å². The third kappa shape index (κ3) is 5.78. The molecule has 0 bridgehead atoms. The van der Waals surface area contributed by atoms with E-state index in [0.717, 1.165) is 41.3 Å². The number of hydrogen-bond acceptors (Lipinski definition) is 2. The lowest BCUT2D eigenvalue weighted by Crippen LogP contribution is -2.46. The molecule has 35 heavy (non-hydrogen) atoms. The molecule has 0 fully saturated rings.